The van der Waals surface area contributed by atoms with E-state index in [0.29, 0.717) is 0 Å². The number of rotatable bonds is 6. The summed E-state index contributed by atoms with van der Waals surface area (Å²) in [6.45, 7) is 2.26. The van der Waals surface area contributed by atoms with Crippen LogP contribution in [0.1, 0.15) is 44.5 Å². The Hall–Kier alpha value is -0.290. The van der Waals surface area contributed by atoms with Crippen molar-refractivity contribution in [3.63, 3.8) is 0 Å². The van der Waals surface area contributed by atoms with Gasteiger partial charge in [-0.3, -0.25) is 0 Å². The Morgan fingerprint density at radius 1 is 1.25 bits per heavy atom. The van der Waals surface area contributed by atoms with Gasteiger partial charge >= 0.3 is 0 Å². The third kappa shape index (κ3) is 3.92. The Kier molecular flexibility index (Phi) is 5.10. The number of H-pyrrole nitrogens is 1. The van der Waals surface area contributed by atoms with Crippen molar-refractivity contribution in [2.75, 3.05) is 0 Å². The maximum absolute atomic E-state index is 3.27. The van der Waals surface area contributed by atoms with E-state index in [4.69, 9.17) is 0 Å². The molecular weight excluding hydrogens is 165 g/mol. The topological polar surface area (TPSA) is 15.8 Å². The quantitative estimate of drug-likeness (QED) is 0.639. The lowest BCUT2D eigenvalue weighted by Crippen LogP contribution is -1.83. The van der Waals surface area contributed by atoms with Crippen LogP contribution < -0.4 is 0 Å². The van der Waals surface area contributed by atoms with Gasteiger partial charge in [0.25, 0.3) is 0 Å². The Bertz CT molecular complexity index is 182. The molecule has 0 saturated heterocycles. The molecule has 1 rings (SSSR count). The molecule has 0 spiro atoms. The minimum Gasteiger partial charge on any atom is -0.361 e. The zero-order valence-corrected chi connectivity index (χ0v) is 8.74. The van der Waals surface area contributed by atoms with Crippen molar-refractivity contribution >= 4 is 8.19 Å². The highest BCUT2D eigenvalue weighted by Crippen LogP contribution is 2.14. The standard InChI is InChI=1S/C10H18NP/c1-2-3-4-5-6-7-10-11-8-9-12-10/h8-9,11H,2-7H2,1H3. The second kappa shape index (κ2) is 6.25. The summed E-state index contributed by atoms with van der Waals surface area (Å²) in [6, 6.07) is 0. The van der Waals surface area contributed by atoms with Crippen LogP contribution in [0.25, 0.3) is 0 Å². The molecule has 12 heavy (non-hydrogen) atoms. The van der Waals surface area contributed by atoms with Gasteiger partial charge in [0.2, 0.25) is 0 Å². The van der Waals surface area contributed by atoms with Crippen molar-refractivity contribution in [1.82, 2.24) is 4.98 Å². The molecule has 0 aliphatic carbocycles. The van der Waals surface area contributed by atoms with Crippen LogP contribution in [0, 0.1) is 0 Å². The number of unbranched alkanes of at least 4 members (excludes halogenated alkanes) is 4. The molecule has 2 heteroatoms. The van der Waals surface area contributed by atoms with Crippen LogP contribution in [0.4, 0.5) is 0 Å². The first-order chi connectivity index (χ1) is 5.93. The molecule has 1 N–H and O–H groups in total. The van der Waals surface area contributed by atoms with Crippen molar-refractivity contribution < 1.29 is 0 Å². The maximum atomic E-state index is 3.27. The molecule has 0 aliphatic heterocycles. The molecule has 0 bridgehead atoms. The van der Waals surface area contributed by atoms with Gasteiger partial charge in [0.05, 0.1) is 0 Å². The number of nitrogens with one attached hydrogen (secondary N) is 1. The molecule has 0 aromatic carbocycles. The largest absolute Gasteiger partial charge is 0.361 e. The highest BCUT2D eigenvalue weighted by Gasteiger charge is 1.93. The molecule has 1 aromatic rings. The number of aromatic nitrogens is 1. The van der Waals surface area contributed by atoms with E-state index in [1.165, 1.54) is 52.1 Å². The van der Waals surface area contributed by atoms with Crippen LogP contribution in [-0.4, -0.2) is 4.98 Å². The summed E-state index contributed by atoms with van der Waals surface area (Å²) in [7, 11) is 1.38. The van der Waals surface area contributed by atoms with Crippen LogP contribution >= 0.6 is 8.19 Å². The van der Waals surface area contributed by atoms with E-state index in [1.54, 1.807) is 0 Å². The van der Waals surface area contributed by atoms with Gasteiger partial charge in [-0.05, 0) is 18.6 Å². The van der Waals surface area contributed by atoms with Crippen LogP contribution in [0.5, 0.6) is 0 Å². The predicted molar refractivity (Wildman–Crippen MR) is 55.8 cm³/mol. The van der Waals surface area contributed by atoms with E-state index in [-0.39, 0.29) is 0 Å². The van der Waals surface area contributed by atoms with Crippen LogP contribution in [0.2, 0.25) is 0 Å². The van der Waals surface area contributed by atoms with Gasteiger partial charge in [-0.25, -0.2) is 0 Å². The summed E-state index contributed by atoms with van der Waals surface area (Å²) in [6.07, 6.45) is 10.2. The predicted octanol–water partition coefficient (Wildman–Crippen LogP) is 4.11. The van der Waals surface area contributed by atoms with Crippen LogP contribution in [0.3, 0.4) is 0 Å². The van der Waals surface area contributed by atoms with E-state index in [1.807, 2.05) is 6.20 Å². The van der Waals surface area contributed by atoms with Gasteiger partial charge in [0.15, 0.2) is 0 Å². The summed E-state index contributed by atoms with van der Waals surface area (Å²) in [5.74, 6) is 2.17. The molecule has 1 aromatic heterocycles. The SMILES string of the molecule is CCCCCCCc1[nH]ccp1. The molecule has 0 aliphatic rings. The molecule has 1 nitrogen and oxygen atoms in total. The minimum atomic E-state index is 1.26. The highest BCUT2D eigenvalue weighted by molar-refractivity contribution is 7.29. The summed E-state index contributed by atoms with van der Waals surface area (Å²) in [5, 5.41) is 0. The van der Waals surface area contributed by atoms with E-state index in [2.05, 4.69) is 17.7 Å². The Labute approximate surface area is 76.7 Å². The first kappa shape index (κ1) is 9.80. The summed E-state index contributed by atoms with van der Waals surface area (Å²) in [4.78, 5) is 3.27. The van der Waals surface area contributed by atoms with Gasteiger partial charge in [0, 0.05) is 11.6 Å². The monoisotopic (exact) mass is 183 g/mol. The lowest BCUT2D eigenvalue weighted by molar-refractivity contribution is 0.631. The lowest BCUT2D eigenvalue weighted by Gasteiger charge is -1.97. The Morgan fingerprint density at radius 2 is 2.08 bits per heavy atom. The van der Waals surface area contributed by atoms with Crippen molar-refractivity contribution in [3.05, 3.63) is 17.4 Å². The average molecular weight is 183 g/mol. The maximum Gasteiger partial charge on any atom is 0.0424 e. The molecular formula is C10H18NP. The molecule has 0 amide bonds. The summed E-state index contributed by atoms with van der Waals surface area (Å²) in [5.41, 5.74) is 1.48. The van der Waals surface area contributed by atoms with Gasteiger partial charge in [-0.2, -0.15) is 0 Å². The Morgan fingerprint density at radius 3 is 2.75 bits per heavy atom. The fourth-order valence-corrected chi connectivity index (χ4v) is 2.10. The van der Waals surface area contributed by atoms with Crippen LogP contribution in [0.15, 0.2) is 12.0 Å². The third-order valence-electron chi connectivity index (χ3n) is 2.07. The number of aromatic amines is 1. The summed E-state index contributed by atoms with van der Waals surface area (Å²) >= 11 is 0. The average Bonchev–Trinajstić information content (AvgIpc) is 2.57. The molecule has 0 saturated carbocycles. The number of hydrogen-bond donors (Lipinski definition) is 1. The lowest BCUT2D eigenvalue weighted by atomic mass is 10.1. The van der Waals surface area contributed by atoms with E-state index in [9.17, 15) is 0 Å². The zero-order valence-electron chi connectivity index (χ0n) is 7.84. The van der Waals surface area contributed by atoms with Gasteiger partial charge in [-0.1, -0.05) is 40.8 Å². The van der Waals surface area contributed by atoms with Crippen molar-refractivity contribution in [2.45, 2.75) is 45.4 Å². The third-order valence-corrected chi connectivity index (χ3v) is 3.03. The normalized spacial score (nSPS) is 11.1. The van der Waals surface area contributed by atoms with Gasteiger partial charge in [0.1, 0.15) is 0 Å². The second-order valence-corrected chi connectivity index (χ2v) is 4.30. The van der Waals surface area contributed by atoms with Crippen molar-refractivity contribution in [2.24, 2.45) is 0 Å². The van der Waals surface area contributed by atoms with Gasteiger partial charge in [-0.15, -0.1) is 0 Å². The summed E-state index contributed by atoms with van der Waals surface area (Å²) < 4.78 is 0. The molecule has 0 unspecified atom stereocenters. The molecule has 1 heterocycles. The first-order valence-electron chi connectivity index (χ1n) is 4.91. The second-order valence-electron chi connectivity index (χ2n) is 3.20. The molecule has 68 valence electrons. The van der Waals surface area contributed by atoms with Gasteiger partial charge < -0.3 is 4.98 Å². The zero-order chi connectivity index (χ0) is 8.65. The fraction of sp³-hybridized carbons (Fsp3) is 0.700. The highest BCUT2D eigenvalue weighted by atomic mass is 31.0. The fourth-order valence-electron chi connectivity index (χ4n) is 1.33. The van der Waals surface area contributed by atoms with E-state index in [0.717, 1.165) is 0 Å². The Balaban J connectivity index is 1.96. The molecule has 0 atom stereocenters. The number of hydrogen-bond acceptors (Lipinski definition) is 0. The smallest absolute Gasteiger partial charge is 0.0424 e. The van der Waals surface area contributed by atoms with Crippen LogP contribution in [-0.2, 0) is 6.42 Å². The minimum absolute atomic E-state index is 1.26. The van der Waals surface area contributed by atoms with E-state index >= 15 is 0 Å². The molecule has 0 fully saturated rings. The van der Waals surface area contributed by atoms with Crippen molar-refractivity contribution in [3.8, 4) is 0 Å². The number of aryl methyl sites for hydroxylation is 1. The van der Waals surface area contributed by atoms with E-state index < -0.39 is 0 Å². The molecule has 0 radical (unpaired) electrons. The first-order valence-corrected chi connectivity index (χ1v) is 5.88. The van der Waals surface area contributed by atoms with Crippen molar-refractivity contribution in [1.29, 1.82) is 0 Å².